The highest BCUT2D eigenvalue weighted by molar-refractivity contribution is 8.44. The van der Waals surface area contributed by atoms with E-state index in [1.165, 1.54) is 31.4 Å². The Labute approximate surface area is 159 Å². The van der Waals surface area contributed by atoms with Crippen molar-refractivity contribution in [1.29, 1.82) is 0 Å². The van der Waals surface area contributed by atoms with E-state index in [9.17, 15) is 0 Å². The molecule has 0 N–H and O–H groups in total. The van der Waals surface area contributed by atoms with Crippen molar-refractivity contribution in [1.82, 2.24) is 0 Å². The third-order valence-electron chi connectivity index (χ3n) is 2.08. The SMILES string of the molecule is CSC(SC)=C(SC)SC=C1SC2=C(SCSCS2)S1. The van der Waals surface area contributed by atoms with E-state index in [0.717, 1.165) is 0 Å². The summed E-state index contributed by atoms with van der Waals surface area (Å²) in [5.74, 6) is 0. The summed E-state index contributed by atoms with van der Waals surface area (Å²) in [5, 5.41) is 4.72. The fourth-order valence-corrected chi connectivity index (χ4v) is 13.0. The zero-order valence-electron chi connectivity index (χ0n) is 11.2. The number of thioether (sulfide) groups is 9. The van der Waals surface area contributed by atoms with Crippen LogP contribution in [0.15, 0.2) is 26.6 Å². The summed E-state index contributed by atoms with van der Waals surface area (Å²) in [7, 11) is 0. The van der Waals surface area contributed by atoms with Gasteiger partial charge in [0, 0.05) is 10.2 Å². The number of rotatable bonds is 5. The molecular formula is C11H14S9. The first-order chi connectivity index (χ1) is 9.78. The van der Waals surface area contributed by atoms with Crippen LogP contribution in [0, 0.1) is 0 Å². The molecule has 112 valence electrons. The molecular weight excluding hydrogens is 421 g/mol. The minimum absolute atomic E-state index is 1.19. The van der Waals surface area contributed by atoms with Gasteiger partial charge in [-0.15, -0.1) is 70.6 Å². The maximum absolute atomic E-state index is 2.33. The predicted octanol–water partition coefficient (Wildman–Crippen LogP) is 7.47. The molecule has 0 saturated carbocycles. The lowest BCUT2D eigenvalue weighted by atomic mass is 11.2. The van der Waals surface area contributed by atoms with E-state index in [1.807, 2.05) is 106 Å². The van der Waals surface area contributed by atoms with Crippen LogP contribution in [-0.4, -0.2) is 28.9 Å². The summed E-state index contributed by atoms with van der Waals surface area (Å²) in [6.07, 6.45) is 6.48. The summed E-state index contributed by atoms with van der Waals surface area (Å²) in [6, 6.07) is 0. The van der Waals surface area contributed by atoms with Crippen LogP contribution in [0.1, 0.15) is 0 Å². The van der Waals surface area contributed by atoms with Crippen molar-refractivity contribution in [3.8, 4) is 0 Å². The van der Waals surface area contributed by atoms with Crippen LogP contribution in [0.2, 0.25) is 0 Å². The summed E-state index contributed by atoms with van der Waals surface area (Å²) in [4.78, 5) is 0. The zero-order chi connectivity index (χ0) is 14.4. The Morgan fingerprint density at radius 1 is 0.900 bits per heavy atom. The quantitative estimate of drug-likeness (QED) is 0.428. The van der Waals surface area contributed by atoms with Gasteiger partial charge in [-0.05, 0) is 24.2 Å². The standard InChI is InChI=1S/C11H14S9/c1-12-8(13-2)9(14-3)16-4-7-19-10-11(20-7)18-6-15-5-17-10/h4H,5-6H2,1-3H3. The molecule has 0 radical (unpaired) electrons. The van der Waals surface area contributed by atoms with Crippen LogP contribution in [0.4, 0.5) is 0 Å². The molecule has 0 fully saturated rings. The highest BCUT2D eigenvalue weighted by Crippen LogP contribution is 2.60. The first-order valence-electron chi connectivity index (χ1n) is 5.45. The molecule has 0 spiro atoms. The van der Waals surface area contributed by atoms with Gasteiger partial charge in [-0.2, -0.15) is 0 Å². The summed E-state index contributed by atoms with van der Waals surface area (Å²) >= 11 is 17.3. The third kappa shape index (κ3) is 5.47. The summed E-state index contributed by atoms with van der Waals surface area (Å²) < 4.78 is 7.29. The number of hydrogen-bond acceptors (Lipinski definition) is 9. The second-order valence-electron chi connectivity index (χ2n) is 3.25. The molecule has 2 aliphatic heterocycles. The van der Waals surface area contributed by atoms with Crippen molar-refractivity contribution < 1.29 is 0 Å². The molecule has 2 aliphatic rings. The van der Waals surface area contributed by atoms with Crippen LogP contribution in [-0.2, 0) is 0 Å². The lowest BCUT2D eigenvalue weighted by molar-refractivity contribution is 2.18. The van der Waals surface area contributed by atoms with Crippen molar-refractivity contribution in [2.24, 2.45) is 0 Å². The van der Waals surface area contributed by atoms with E-state index in [-0.39, 0.29) is 0 Å². The van der Waals surface area contributed by atoms with Gasteiger partial charge in [-0.25, -0.2) is 0 Å². The maximum atomic E-state index is 2.33. The van der Waals surface area contributed by atoms with Crippen LogP contribution in [0.25, 0.3) is 0 Å². The highest BCUT2D eigenvalue weighted by atomic mass is 32.3. The van der Waals surface area contributed by atoms with E-state index >= 15 is 0 Å². The Balaban J connectivity index is 1.99. The maximum Gasteiger partial charge on any atom is 0.0668 e. The molecule has 0 aromatic rings. The van der Waals surface area contributed by atoms with Crippen LogP contribution >= 0.6 is 106 Å². The van der Waals surface area contributed by atoms with Crippen molar-refractivity contribution in [2.45, 2.75) is 0 Å². The summed E-state index contributed by atoms with van der Waals surface area (Å²) in [6.45, 7) is 0. The minimum Gasteiger partial charge on any atom is -0.139 e. The molecule has 0 atom stereocenters. The molecule has 0 bridgehead atoms. The molecule has 2 heterocycles. The molecule has 20 heavy (non-hydrogen) atoms. The Bertz CT molecular complexity index is 411. The Morgan fingerprint density at radius 2 is 1.45 bits per heavy atom. The normalized spacial score (nSPS) is 18.9. The van der Waals surface area contributed by atoms with E-state index in [0.29, 0.717) is 0 Å². The smallest absolute Gasteiger partial charge is 0.0668 e. The first-order valence-corrected chi connectivity index (χ1v) is 14.8. The predicted molar refractivity (Wildman–Crippen MR) is 118 cm³/mol. The highest BCUT2D eigenvalue weighted by Gasteiger charge is 2.24. The van der Waals surface area contributed by atoms with Gasteiger partial charge >= 0.3 is 0 Å². The largest absolute Gasteiger partial charge is 0.139 e. The molecule has 0 aromatic carbocycles. The number of hydrogen-bond donors (Lipinski definition) is 0. The second-order valence-corrected chi connectivity index (χ2v) is 13.7. The van der Waals surface area contributed by atoms with Crippen LogP contribution in [0.3, 0.4) is 0 Å². The van der Waals surface area contributed by atoms with E-state index in [2.05, 4.69) is 24.2 Å². The fourth-order valence-electron chi connectivity index (χ4n) is 1.27. The van der Waals surface area contributed by atoms with Gasteiger partial charge in [0.05, 0.1) is 21.2 Å². The lowest BCUT2D eigenvalue weighted by Gasteiger charge is -2.07. The topological polar surface area (TPSA) is 0 Å². The van der Waals surface area contributed by atoms with Crippen molar-refractivity contribution in [2.75, 3.05) is 28.9 Å². The molecule has 0 nitrogen and oxygen atoms in total. The van der Waals surface area contributed by atoms with Gasteiger partial charge in [0.1, 0.15) is 0 Å². The Kier molecular flexibility index (Phi) is 9.61. The second kappa shape index (κ2) is 10.3. The minimum atomic E-state index is 1.19. The molecule has 0 aromatic heterocycles. The van der Waals surface area contributed by atoms with Gasteiger partial charge in [-0.3, -0.25) is 0 Å². The Morgan fingerprint density at radius 3 is 1.95 bits per heavy atom. The van der Waals surface area contributed by atoms with Crippen LogP contribution in [0.5, 0.6) is 0 Å². The van der Waals surface area contributed by atoms with E-state index in [1.54, 1.807) is 0 Å². The first kappa shape index (κ1) is 18.7. The average Bonchev–Trinajstić information content (AvgIpc) is 2.73. The Hall–Kier alpha value is 2.37. The van der Waals surface area contributed by atoms with Crippen molar-refractivity contribution in [3.63, 3.8) is 0 Å². The van der Waals surface area contributed by atoms with Gasteiger partial charge in [0.15, 0.2) is 0 Å². The zero-order valence-corrected chi connectivity index (χ0v) is 18.5. The molecule has 2 rings (SSSR count). The summed E-state index contributed by atoms with van der Waals surface area (Å²) in [5.41, 5.74) is 0. The molecule has 0 aliphatic carbocycles. The van der Waals surface area contributed by atoms with E-state index in [4.69, 9.17) is 0 Å². The van der Waals surface area contributed by atoms with Gasteiger partial charge in [0.2, 0.25) is 0 Å². The van der Waals surface area contributed by atoms with Gasteiger partial charge < -0.3 is 0 Å². The van der Waals surface area contributed by atoms with Crippen LogP contribution < -0.4 is 0 Å². The molecule has 0 saturated heterocycles. The molecule has 0 amide bonds. The van der Waals surface area contributed by atoms with E-state index < -0.39 is 0 Å². The fraction of sp³-hybridized carbons (Fsp3) is 0.455. The average molecular weight is 435 g/mol. The third-order valence-corrected chi connectivity index (χ3v) is 14.0. The van der Waals surface area contributed by atoms with Crippen molar-refractivity contribution >= 4 is 106 Å². The molecule has 9 heteroatoms. The lowest BCUT2D eigenvalue weighted by Crippen LogP contribution is -1.74. The van der Waals surface area contributed by atoms with Crippen molar-refractivity contribution in [3.05, 3.63) is 26.6 Å². The monoisotopic (exact) mass is 434 g/mol. The molecule has 0 unspecified atom stereocenters. The van der Waals surface area contributed by atoms with Gasteiger partial charge in [-0.1, -0.05) is 35.3 Å². The van der Waals surface area contributed by atoms with Gasteiger partial charge in [0.25, 0.3) is 0 Å².